The van der Waals surface area contributed by atoms with Gasteiger partial charge in [0, 0.05) is 0 Å². The summed E-state index contributed by atoms with van der Waals surface area (Å²) in [6.07, 6.45) is 1.52. The topological polar surface area (TPSA) is 54.0 Å². The molecule has 0 saturated carbocycles. The molecule has 3 aromatic carbocycles. The predicted octanol–water partition coefficient (Wildman–Crippen LogP) is 2.70. The maximum absolute atomic E-state index is 12.7. The van der Waals surface area contributed by atoms with E-state index in [1.54, 1.807) is 36.1 Å². The van der Waals surface area contributed by atoms with Crippen LogP contribution in [0, 0.1) is 0 Å². The van der Waals surface area contributed by atoms with Crippen LogP contribution in [0.2, 0.25) is 0 Å². The van der Waals surface area contributed by atoms with E-state index in [9.17, 15) is 5.11 Å². The summed E-state index contributed by atoms with van der Waals surface area (Å²) in [5.74, 6) is 0.606. The number of ether oxygens (including phenoxy) is 1. The highest BCUT2D eigenvalue weighted by molar-refractivity contribution is 5.77. The molecule has 5 heteroatoms. The number of aromatic nitrogens is 3. The van der Waals surface area contributed by atoms with Crippen molar-refractivity contribution < 1.29 is 14.5 Å². The molecule has 0 atom stereocenters. The first-order valence-corrected chi connectivity index (χ1v) is 8.69. The number of nitrogens with zero attached hydrogens (tertiary/aromatic N) is 3. The van der Waals surface area contributed by atoms with Crippen molar-refractivity contribution in [1.82, 2.24) is 9.90 Å². The third-order valence-corrected chi connectivity index (χ3v) is 4.40. The molecule has 0 spiro atoms. The molecule has 0 aliphatic carbocycles. The molecule has 0 unspecified atom stereocenters. The SMILES string of the molecule is COc1ccc(/C([O-])=C/n2n[n+](Cc3ccccc3)c3ccccc32)cc1. The second-order valence-electron chi connectivity index (χ2n) is 6.19. The number of benzene rings is 3. The van der Waals surface area contributed by atoms with Crippen molar-refractivity contribution in [3.8, 4) is 5.75 Å². The van der Waals surface area contributed by atoms with E-state index in [0.717, 1.165) is 22.3 Å². The standard InChI is InChI=1S/C22H19N3O2/c1-27-19-13-11-18(12-14-19)22(26)16-25-21-10-6-5-9-20(21)24(23-25)15-17-7-3-2-4-8-17/h2-14,16H,15H2,1H3. The molecule has 134 valence electrons. The molecular formula is C22H19N3O2. The lowest BCUT2D eigenvalue weighted by atomic mass is 10.2. The van der Waals surface area contributed by atoms with Gasteiger partial charge in [0.1, 0.15) is 18.5 Å². The van der Waals surface area contributed by atoms with Crippen molar-refractivity contribution in [3.63, 3.8) is 0 Å². The molecule has 1 aromatic heterocycles. The number of hydrogen-bond acceptors (Lipinski definition) is 3. The highest BCUT2D eigenvalue weighted by Crippen LogP contribution is 2.17. The van der Waals surface area contributed by atoms with Gasteiger partial charge in [-0.25, -0.2) is 0 Å². The van der Waals surface area contributed by atoms with Gasteiger partial charge in [-0.1, -0.05) is 60.4 Å². The Bertz CT molecular complexity index is 1080. The van der Waals surface area contributed by atoms with Crippen LogP contribution in [-0.2, 0) is 6.54 Å². The van der Waals surface area contributed by atoms with Crippen LogP contribution >= 0.6 is 0 Å². The van der Waals surface area contributed by atoms with E-state index < -0.39 is 0 Å². The van der Waals surface area contributed by atoms with Crippen LogP contribution in [0.3, 0.4) is 0 Å². The largest absolute Gasteiger partial charge is 0.870 e. The Morgan fingerprint density at radius 3 is 2.44 bits per heavy atom. The minimum Gasteiger partial charge on any atom is -0.870 e. The van der Waals surface area contributed by atoms with E-state index in [1.807, 2.05) is 47.1 Å². The molecular weight excluding hydrogens is 338 g/mol. The van der Waals surface area contributed by atoms with Gasteiger partial charge in [-0.05, 0) is 35.4 Å². The number of hydrogen-bond donors (Lipinski definition) is 0. The van der Waals surface area contributed by atoms with E-state index in [-0.39, 0.29) is 5.76 Å². The van der Waals surface area contributed by atoms with Crippen molar-refractivity contribution in [2.45, 2.75) is 6.54 Å². The fourth-order valence-corrected chi connectivity index (χ4v) is 3.00. The summed E-state index contributed by atoms with van der Waals surface area (Å²) in [5, 5.41) is 17.3. The Balaban J connectivity index is 1.73. The van der Waals surface area contributed by atoms with Crippen molar-refractivity contribution in [2.24, 2.45) is 0 Å². The fourth-order valence-electron chi connectivity index (χ4n) is 3.00. The van der Waals surface area contributed by atoms with Crippen LogP contribution in [0.1, 0.15) is 11.1 Å². The van der Waals surface area contributed by atoms with Gasteiger partial charge in [0.2, 0.25) is 5.52 Å². The normalized spacial score (nSPS) is 11.7. The van der Waals surface area contributed by atoms with Crippen molar-refractivity contribution in [2.75, 3.05) is 7.11 Å². The monoisotopic (exact) mass is 357 g/mol. The highest BCUT2D eigenvalue weighted by Gasteiger charge is 2.16. The molecule has 27 heavy (non-hydrogen) atoms. The lowest BCUT2D eigenvalue weighted by Crippen LogP contribution is -2.37. The summed E-state index contributed by atoms with van der Waals surface area (Å²) in [6, 6.07) is 25.1. The van der Waals surface area contributed by atoms with Gasteiger partial charge in [0.15, 0.2) is 5.52 Å². The number of para-hydroxylation sites is 2. The van der Waals surface area contributed by atoms with E-state index in [4.69, 9.17) is 4.74 Å². The zero-order valence-electron chi connectivity index (χ0n) is 14.9. The summed E-state index contributed by atoms with van der Waals surface area (Å²) in [7, 11) is 1.60. The first kappa shape index (κ1) is 16.8. The molecule has 0 radical (unpaired) electrons. The van der Waals surface area contributed by atoms with Crippen LogP contribution in [0.25, 0.3) is 23.0 Å². The predicted molar refractivity (Wildman–Crippen MR) is 103 cm³/mol. The number of methoxy groups -OCH3 is 1. The van der Waals surface area contributed by atoms with Crippen LogP contribution in [0.5, 0.6) is 5.75 Å². The molecule has 0 amide bonds. The van der Waals surface area contributed by atoms with Crippen LogP contribution < -0.4 is 14.5 Å². The molecule has 0 N–H and O–H groups in total. The maximum Gasteiger partial charge on any atom is 0.203 e. The Labute approximate surface area is 157 Å². The Kier molecular flexibility index (Phi) is 4.58. The second-order valence-corrected chi connectivity index (χ2v) is 6.19. The molecule has 4 rings (SSSR count). The summed E-state index contributed by atoms with van der Waals surface area (Å²) in [5.41, 5.74) is 3.60. The number of fused-ring (bicyclic) bond motifs is 1. The Morgan fingerprint density at radius 2 is 1.70 bits per heavy atom. The Hall–Kier alpha value is -3.60. The third-order valence-electron chi connectivity index (χ3n) is 4.40. The van der Waals surface area contributed by atoms with Crippen molar-refractivity contribution in [1.29, 1.82) is 0 Å². The van der Waals surface area contributed by atoms with Gasteiger partial charge in [0.25, 0.3) is 0 Å². The lowest BCUT2D eigenvalue weighted by Gasteiger charge is -2.10. The quantitative estimate of drug-likeness (QED) is 0.408. The zero-order chi connectivity index (χ0) is 18.6. The minimum absolute atomic E-state index is 0.113. The first-order chi connectivity index (χ1) is 13.2. The summed E-state index contributed by atoms with van der Waals surface area (Å²) >= 11 is 0. The molecule has 1 heterocycles. The van der Waals surface area contributed by atoms with Gasteiger partial charge in [-0.3, -0.25) is 0 Å². The minimum atomic E-state index is -0.113. The van der Waals surface area contributed by atoms with Crippen LogP contribution in [-0.4, -0.2) is 17.0 Å². The smallest absolute Gasteiger partial charge is 0.203 e. The average Bonchev–Trinajstić information content (AvgIpc) is 3.06. The highest BCUT2D eigenvalue weighted by atomic mass is 16.5. The maximum atomic E-state index is 12.7. The van der Waals surface area contributed by atoms with E-state index in [1.165, 1.54) is 6.20 Å². The zero-order valence-corrected chi connectivity index (χ0v) is 14.9. The average molecular weight is 357 g/mol. The summed E-state index contributed by atoms with van der Waals surface area (Å²) in [6.45, 7) is 0.638. The van der Waals surface area contributed by atoms with Gasteiger partial charge in [-0.15, -0.1) is 9.36 Å². The molecule has 5 nitrogen and oxygen atoms in total. The van der Waals surface area contributed by atoms with E-state index in [2.05, 4.69) is 17.3 Å². The van der Waals surface area contributed by atoms with Gasteiger partial charge in [-0.2, -0.15) is 0 Å². The second kappa shape index (κ2) is 7.33. The first-order valence-electron chi connectivity index (χ1n) is 8.69. The van der Waals surface area contributed by atoms with E-state index >= 15 is 0 Å². The Morgan fingerprint density at radius 1 is 1.00 bits per heavy atom. The van der Waals surface area contributed by atoms with Gasteiger partial charge in [0.05, 0.1) is 12.3 Å². The van der Waals surface area contributed by atoms with E-state index in [0.29, 0.717) is 12.1 Å². The van der Waals surface area contributed by atoms with Crippen LogP contribution in [0.15, 0.2) is 78.9 Å². The molecule has 0 aliphatic heterocycles. The number of rotatable bonds is 5. The lowest BCUT2D eigenvalue weighted by molar-refractivity contribution is -0.723. The van der Waals surface area contributed by atoms with Gasteiger partial charge < -0.3 is 9.84 Å². The third kappa shape index (κ3) is 3.53. The summed E-state index contributed by atoms with van der Waals surface area (Å²) in [4.78, 5) is 0. The van der Waals surface area contributed by atoms with Crippen LogP contribution in [0.4, 0.5) is 0 Å². The molecule has 0 saturated heterocycles. The summed E-state index contributed by atoms with van der Waals surface area (Å²) < 4.78 is 8.69. The fraction of sp³-hybridized carbons (Fsp3) is 0.0909. The molecule has 4 aromatic rings. The molecule has 0 fully saturated rings. The molecule has 0 bridgehead atoms. The van der Waals surface area contributed by atoms with Crippen molar-refractivity contribution in [3.05, 3.63) is 90.0 Å². The molecule has 0 aliphatic rings. The van der Waals surface area contributed by atoms with Gasteiger partial charge >= 0.3 is 0 Å². The van der Waals surface area contributed by atoms with Crippen molar-refractivity contribution >= 4 is 23.0 Å².